The fourth-order valence-electron chi connectivity index (χ4n) is 3.68. The van der Waals surface area contributed by atoms with Crippen molar-refractivity contribution < 1.29 is 9.59 Å². The molecule has 1 unspecified atom stereocenters. The second kappa shape index (κ2) is 8.35. The van der Waals surface area contributed by atoms with Gasteiger partial charge in [-0.25, -0.2) is 0 Å². The standard InChI is InChI=1S/C22H27N3O2/c1-15-5-4-12-25(13-15)14-17-8-10-18(11-9-17)22(27)24-20-7-3-6-19(16(20)2)21(23)26/h3,6-11,15H,4-5,12-14H2,1-2H3,(H2,23,26)(H,24,27). The second-order valence-electron chi connectivity index (χ2n) is 7.48. The third-order valence-corrected chi connectivity index (χ3v) is 5.21. The highest BCUT2D eigenvalue weighted by Gasteiger charge is 2.16. The topological polar surface area (TPSA) is 75.4 Å². The molecule has 3 N–H and O–H groups in total. The molecule has 0 spiro atoms. The smallest absolute Gasteiger partial charge is 0.255 e. The van der Waals surface area contributed by atoms with Gasteiger partial charge in [0.05, 0.1) is 0 Å². The van der Waals surface area contributed by atoms with E-state index in [1.54, 1.807) is 25.1 Å². The average Bonchev–Trinajstić information content (AvgIpc) is 2.64. The third-order valence-electron chi connectivity index (χ3n) is 5.21. The van der Waals surface area contributed by atoms with Crippen LogP contribution in [0.5, 0.6) is 0 Å². The number of nitrogens with two attached hydrogens (primary N) is 1. The number of amides is 2. The summed E-state index contributed by atoms with van der Waals surface area (Å²) in [7, 11) is 0. The van der Waals surface area contributed by atoms with Crippen molar-refractivity contribution in [2.24, 2.45) is 11.7 Å². The van der Waals surface area contributed by atoms with Crippen LogP contribution in [0.25, 0.3) is 0 Å². The molecule has 1 atom stereocenters. The lowest BCUT2D eigenvalue weighted by Crippen LogP contribution is -2.33. The molecule has 2 aromatic rings. The normalized spacial score (nSPS) is 17.5. The number of rotatable bonds is 5. The molecule has 1 saturated heterocycles. The first-order valence-corrected chi connectivity index (χ1v) is 9.46. The number of carbonyl (C=O) groups excluding carboxylic acids is 2. The van der Waals surface area contributed by atoms with E-state index in [2.05, 4.69) is 17.1 Å². The fraction of sp³-hybridized carbons (Fsp3) is 0.364. The van der Waals surface area contributed by atoms with E-state index < -0.39 is 5.91 Å². The molecule has 2 amide bonds. The molecule has 27 heavy (non-hydrogen) atoms. The number of benzene rings is 2. The van der Waals surface area contributed by atoms with Crippen molar-refractivity contribution in [1.29, 1.82) is 0 Å². The molecule has 1 aliphatic heterocycles. The van der Waals surface area contributed by atoms with E-state index in [0.29, 0.717) is 22.4 Å². The molecule has 1 aliphatic rings. The summed E-state index contributed by atoms with van der Waals surface area (Å²) < 4.78 is 0. The second-order valence-corrected chi connectivity index (χ2v) is 7.48. The van der Waals surface area contributed by atoms with E-state index >= 15 is 0 Å². The monoisotopic (exact) mass is 365 g/mol. The summed E-state index contributed by atoms with van der Waals surface area (Å²) in [6.45, 7) is 7.28. The van der Waals surface area contributed by atoms with Crippen LogP contribution in [-0.4, -0.2) is 29.8 Å². The Morgan fingerprint density at radius 2 is 1.93 bits per heavy atom. The lowest BCUT2D eigenvalue weighted by molar-refractivity contribution is 0.0995. The predicted molar refractivity (Wildman–Crippen MR) is 108 cm³/mol. The van der Waals surface area contributed by atoms with Gasteiger partial charge in [0.1, 0.15) is 0 Å². The maximum atomic E-state index is 12.6. The number of likely N-dealkylation sites (tertiary alicyclic amines) is 1. The summed E-state index contributed by atoms with van der Waals surface area (Å²) in [6, 6.07) is 12.9. The first-order chi connectivity index (χ1) is 12.9. The SMILES string of the molecule is Cc1c(NC(=O)c2ccc(CN3CCCC(C)C3)cc2)cccc1C(N)=O. The summed E-state index contributed by atoms with van der Waals surface area (Å²) in [5.74, 6) is 0.0565. The summed E-state index contributed by atoms with van der Waals surface area (Å²) >= 11 is 0. The largest absolute Gasteiger partial charge is 0.366 e. The fourth-order valence-corrected chi connectivity index (χ4v) is 3.68. The molecule has 0 saturated carbocycles. The average molecular weight is 365 g/mol. The van der Waals surface area contributed by atoms with Crippen molar-refractivity contribution in [1.82, 2.24) is 4.90 Å². The molecular weight excluding hydrogens is 338 g/mol. The molecule has 3 rings (SSSR count). The molecular formula is C22H27N3O2. The van der Waals surface area contributed by atoms with E-state index in [0.717, 1.165) is 25.6 Å². The summed E-state index contributed by atoms with van der Waals surface area (Å²) in [4.78, 5) is 26.5. The molecule has 2 aromatic carbocycles. The number of nitrogens with one attached hydrogen (secondary N) is 1. The molecule has 0 aliphatic carbocycles. The maximum absolute atomic E-state index is 12.6. The van der Waals surface area contributed by atoms with Crippen LogP contribution in [-0.2, 0) is 6.54 Å². The Bertz CT molecular complexity index is 830. The van der Waals surface area contributed by atoms with Gasteiger partial charge >= 0.3 is 0 Å². The van der Waals surface area contributed by atoms with Crippen LogP contribution in [0.2, 0.25) is 0 Å². The van der Waals surface area contributed by atoms with Gasteiger partial charge in [-0.05, 0) is 67.6 Å². The van der Waals surface area contributed by atoms with Crippen molar-refractivity contribution >= 4 is 17.5 Å². The van der Waals surface area contributed by atoms with E-state index in [1.807, 2.05) is 24.3 Å². The van der Waals surface area contributed by atoms with E-state index in [4.69, 9.17) is 5.73 Å². The summed E-state index contributed by atoms with van der Waals surface area (Å²) in [6.07, 6.45) is 2.57. The van der Waals surface area contributed by atoms with Crippen molar-refractivity contribution in [3.05, 3.63) is 64.7 Å². The molecule has 0 radical (unpaired) electrons. The Morgan fingerprint density at radius 1 is 1.19 bits per heavy atom. The van der Waals surface area contributed by atoms with Gasteiger partial charge in [-0.15, -0.1) is 0 Å². The Balaban J connectivity index is 1.66. The molecule has 0 bridgehead atoms. The Hall–Kier alpha value is -2.66. The first kappa shape index (κ1) is 19.1. The van der Waals surface area contributed by atoms with Gasteiger partial charge in [-0.1, -0.05) is 25.1 Å². The minimum Gasteiger partial charge on any atom is -0.366 e. The van der Waals surface area contributed by atoms with Gasteiger partial charge in [-0.3, -0.25) is 14.5 Å². The number of carbonyl (C=O) groups is 2. The van der Waals surface area contributed by atoms with E-state index in [-0.39, 0.29) is 5.91 Å². The van der Waals surface area contributed by atoms with Crippen LogP contribution in [0.1, 0.15) is 51.6 Å². The summed E-state index contributed by atoms with van der Waals surface area (Å²) in [5, 5.41) is 2.87. The highest BCUT2D eigenvalue weighted by Crippen LogP contribution is 2.21. The van der Waals surface area contributed by atoms with Gasteiger partial charge < -0.3 is 11.1 Å². The lowest BCUT2D eigenvalue weighted by Gasteiger charge is -2.30. The minimum atomic E-state index is -0.500. The van der Waals surface area contributed by atoms with E-state index in [1.165, 1.54) is 18.4 Å². The quantitative estimate of drug-likeness (QED) is 0.850. The van der Waals surface area contributed by atoms with Crippen LogP contribution in [0.15, 0.2) is 42.5 Å². The van der Waals surface area contributed by atoms with E-state index in [9.17, 15) is 9.59 Å². The first-order valence-electron chi connectivity index (χ1n) is 9.46. The Kier molecular flexibility index (Phi) is 5.91. The summed E-state index contributed by atoms with van der Waals surface area (Å²) in [5.41, 5.74) is 8.87. The zero-order valence-electron chi connectivity index (χ0n) is 16.0. The van der Waals surface area contributed by atoms with Crippen molar-refractivity contribution in [3.8, 4) is 0 Å². The van der Waals surface area contributed by atoms with Crippen molar-refractivity contribution in [2.75, 3.05) is 18.4 Å². The third kappa shape index (κ3) is 4.74. The number of nitrogens with zero attached hydrogens (tertiary/aromatic N) is 1. The molecule has 5 nitrogen and oxygen atoms in total. The van der Waals surface area contributed by atoms with Gasteiger partial charge in [0.15, 0.2) is 0 Å². The van der Waals surface area contributed by atoms with Gasteiger partial charge in [0.2, 0.25) is 5.91 Å². The molecule has 142 valence electrons. The molecule has 0 aromatic heterocycles. The van der Waals surface area contributed by atoms with Crippen molar-refractivity contribution in [3.63, 3.8) is 0 Å². The minimum absolute atomic E-state index is 0.196. The van der Waals surface area contributed by atoms with Gasteiger partial charge in [0.25, 0.3) is 5.91 Å². The highest BCUT2D eigenvalue weighted by atomic mass is 16.2. The molecule has 1 heterocycles. The number of primary amides is 1. The maximum Gasteiger partial charge on any atom is 0.255 e. The van der Waals surface area contributed by atoms with Crippen LogP contribution in [0.4, 0.5) is 5.69 Å². The van der Waals surface area contributed by atoms with Crippen molar-refractivity contribution in [2.45, 2.75) is 33.2 Å². The molecule has 5 heteroatoms. The van der Waals surface area contributed by atoms with Gasteiger partial charge in [0, 0.05) is 29.9 Å². The number of hydrogen-bond donors (Lipinski definition) is 2. The predicted octanol–water partition coefficient (Wildman–Crippen LogP) is 3.58. The zero-order valence-corrected chi connectivity index (χ0v) is 16.0. The number of hydrogen-bond acceptors (Lipinski definition) is 3. The van der Waals surface area contributed by atoms with Crippen LogP contribution < -0.4 is 11.1 Å². The molecule has 1 fully saturated rings. The zero-order chi connectivity index (χ0) is 19.4. The van der Waals surface area contributed by atoms with Gasteiger partial charge in [-0.2, -0.15) is 0 Å². The number of piperidine rings is 1. The highest BCUT2D eigenvalue weighted by molar-refractivity contribution is 6.05. The Labute approximate surface area is 160 Å². The lowest BCUT2D eigenvalue weighted by atomic mass is 9.99. The van der Waals surface area contributed by atoms with Crippen LogP contribution >= 0.6 is 0 Å². The van der Waals surface area contributed by atoms with Crippen LogP contribution in [0, 0.1) is 12.8 Å². The van der Waals surface area contributed by atoms with Crippen LogP contribution in [0.3, 0.4) is 0 Å². The number of anilines is 1. The Morgan fingerprint density at radius 3 is 2.59 bits per heavy atom.